The van der Waals surface area contributed by atoms with Crippen LogP contribution >= 0.6 is 0 Å². The van der Waals surface area contributed by atoms with Gasteiger partial charge in [-0.25, -0.2) is 4.98 Å². The van der Waals surface area contributed by atoms with Crippen LogP contribution in [0.2, 0.25) is 0 Å². The van der Waals surface area contributed by atoms with Gasteiger partial charge in [-0.3, -0.25) is 19.7 Å². The smallest absolute Gasteiger partial charge is 0.251 e. The van der Waals surface area contributed by atoms with E-state index in [0.717, 1.165) is 76.7 Å². The van der Waals surface area contributed by atoms with Crippen molar-refractivity contribution in [3.05, 3.63) is 45.4 Å². The lowest BCUT2D eigenvalue weighted by atomic mass is 9.92. The summed E-state index contributed by atoms with van der Waals surface area (Å²) < 4.78 is 5.46. The van der Waals surface area contributed by atoms with Crippen LogP contribution in [0.1, 0.15) is 48.5 Å². The summed E-state index contributed by atoms with van der Waals surface area (Å²) in [7, 11) is 0. The van der Waals surface area contributed by atoms with E-state index in [2.05, 4.69) is 30.0 Å². The Bertz CT molecular complexity index is 826. The van der Waals surface area contributed by atoms with Gasteiger partial charge in [0.1, 0.15) is 5.82 Å². The zero-order valence-corrected chi connectivity index (χ0v) is 16.6. The quantitative estimate of drug-likeness (QED) is 0.777. The second-order valence-electron chi connectivity index (χ2n) is 7.81. The first-order valence-electron chi connectivity index (χ1n) is 10.3. The van der Waals surface area contributed by atoms with Gasteiger partial charge in [0.2, 0.25) is 0 Å². The fraction of sp³-hybridized carbons (Fsp3) is 0.650. The van der Waals surface area contributed by atoms with Crippen molar-refractivity contribution >= 4 is 0 Å². The van der Waals surface area contributed by atoms with Crippen LogP contribution in [0.3, 0.4) is 0 Å². The number of ether oxygens (including phenoxy) is 1. The van der Waals surface area contributed by atoms with E-state index in [4.69, 9.17) is 4.74 Å². The number of likely N-dealkylation sites (tertiary alicyclic amines) is 1. The summed E-state index contributed by atoms with van der Waals surface area (Å²) in [6, 6.07) is 1.59. The zero-order chi connectivity index (χ0) is 19.3. The monoisotopic (exact) mass is 386 g/mol. The highest BCUT2D eigenvalue weighted by molar-refractivity contribution is 5.21. The standard InChI is InChI=1S/C20H30N6O2/c1-2-17-10-19(27)23-18(22-17)14-26-5-3-4-15(12-26)20-16(11-21-24-20)13-25-6-8-28-9-7-25/h10-11,15H,2-9,12-14H2,1H3,(H,21,24)(H,22,23,27). The predicted molar refractivity (Wildman–Crippen MR) is 106 cm³/mol. The molecule has 2 saturated heterocycles. The van der Waals surface area contributed by atoms with E-state index in [9.17, 15) is 4.79 Å². The van der Waals surface area contributed by atoms with Gasteiger partial charge < -0.3 is 9.72 Å². The van der Waals surface area contributed by atoms with Gasteiger partial charge in [-0.2, -0.15) is 5.10 Å². The maximum absolute atomic E-state index is 11.9. The van der Waals surface area contributed by atoms with Crippen molar-refractivity contribution in [2.75, 3.05) is 39.4 Å². The normalized spacial score (nSPS) is 21.8. The lowest BCUT2D eigenvalue weighted by Gasteiger charge is -2.33. The Balaban J connectivity index is 1.42. The van der Waals surface area contributed by atoms with Crippen molar-refractivity contribution in [1.82, 2.24) is 30.0 Å². The molecule has 4 heterocycles. The molecule has 2 aromatic rings. The molecule has 2 aromatic heterocycles. The molecule has 0 radical (unpaired) electrons. The molecule has 0 aliphatic carbocycles. The van der Waals surface area contributed by atoms with Crippen LogP contribution in [-0.4, -0.2) is 69.4 Å². The molecule has 1 atom stereocenters. The molecule has 8 heteroatoms. The first kappa shape index (κ1) is 19.3. The highest BCUT2D eigenvalue weighted by atomic mass is 16.5. The van der Waals surface area contributed by atoms with Crippen LogP contribution in [-0.2, 0) is 24.2 Å². The summed E-state index contributed by atoms with van der Waals surface area (Å²) in [5, 5.41) is 7.61. The number of rotatable bonds is 6. The van der Waals surface area contributed by atoms with E-state index >= 15 is 0 Å². The average Bonchev–Trinajstić information content (AvgIpc) is 3.16. The van der Waals surface area contributed by atoms with Crippen LogP contribution in [0.4, 0.5) is 0 Å². The Morgan fingerprint density at radius 2 is 2.07 bits per heavy atom. The third-order valence-electron chi connectivity index (χ3n) is 5.74. The van der Waals surface area contributed by atoms with E-state index < -0.39 is 0 Å². The molecule has 8 nitrogen and oxygen atoms in total. The molecule has 4 rings (SSSR count). The number of H-pyrrole nitrogens is 2. The van der Waals surface area contributed by atoms with Crippen LogP contribution in [0.15, 0.2) is 17.1 Å². The van der Waals surface area contributed by atoms with E-state index in [-0.39, 0.29) is 5.56 Å². The number of hydrogen-bond donors (Lipinski definition) is 2. The molecule has 0 saturated carbocycles. The molecule has 0 aromatic carbocycles. The molecule has 2 aliphatic heterocycles. The zero-order valence-electron chi connectivity index (χ0n) is 16.6. The highest BCUT2D eigenvalue weighted by Gasteiger charge is 2.26. The van der Waals surface area contributed by atoms with Gasteiger partial charge in [-0.15, -0.1) is 0 Å². The summed E-state index contributed by atoms with van der Waals surface area (Å²) >= 11 is 0. The fourth-order valence-corrected chi connectivity index (χ4v) is 4.27. The highest BCUT2D eigenvalue weighted by Crippen LogP contribution is 2.29. The van der Waals surface area contributed by atoms with Crippen LogP contribution < -0.4 is 5.56 Å². The molecule has 1 unspecified atom stereocenters. The largest absolute Gasteiger partial charge is 0.379 e. The number of aryl methyl sites for hydroxylation is 1. The van der Waals surface area contributed by atoms with Gasteiger partial charge in [-0.05, 0) is 25.8 Å². The summed E-state index contributed by atoms with van der Waals surface area (Å²) in [6.45, 7) is 9.21. The molecular formula is C20H30N6O2. The molecule has 2 N–H and O–H groups in total. The first-order chi connectivity index (χ1) is 13.7. The Hall–Kier alpha value is -2.03. The number of aromatic nitrogens is 4. The maximum atomic E-state index is 11.9. The lowest BCUT2D eigenvalue weighted by molar-refractivity contribution is 0.0339. The van der Waals surface area contributed by atoms with Gasteiger partial charge in [0.05, 0.1) is 26.0 Å². The fourth-order valence-electron chi connectivity index (χ4n) is 4.27. The van der Waals surface area contributed by atoms with Gasteiger partial charge in [-0.1, -0.05) is 6.92 Å². The van der Waals surface area contributed by atoms with Crippen molar-refractivity contribution in [2.24, 2.45) is 0 Å². The van der Waals surface area contributed by atoms with E-state index in [1.807, 2.05) is 13.1 Å². The van der Waals surface area contributed by atoms with Crippen LogP contribution in [0.25, 0.3) is 0 Å². The summed E-state index contributed by atoms with van der Waals surface area (Å²) in [5.74, 6) is 1.21. The molecule has 0 bridgehead atoms. The average molecular weight is 387 g/mol. The van der Waals surface area contributed by atoms with Crippen LogP contribution in [0, 0.1) is 0 Å². The third-order valence-corrected chi connectivity index (χ3v) is 5.74. The maximum Gasteiger partial charge on any atom is 0.251 e. The van der Waals surface area contributed by atoms with E-state index in [0.29, 0.717) is 12.5 Å². The number of piperidine rings is 1. The van der Waals surface area contributed by atoms with Crippen molar-refractivity contribution in [2.45, 2.75) is 45.2 Å². The van der Waals surface area contributed by atoms with Gasteiger partial charge in [0, 0.05) is 55.1 Å². The van der Waals surface area contributed by atoms with Crippen LogP contribution in [0.5, 0.6) is 0 Å². The lowest BCUT2D eigenvalue weighted by Crippen LogP contribution is -2.37. The molecule has 0 spiro atoms. The minimum atomic E-state index is -0.0585. The molecule has 2 fully saturated rings. The summed E-state index contributed by atoms with van der Waals surface area (Å²) in [5.41, 5.74) is 3.36. The Morgan fingerprint density at radius 1 is 1.21 bits per heavy atom. The molecule has 0 amide bonds. The summed E-state index contributed by atoms with van der Waals surface area (Å²) in [6.07, 6.45) is 5.05. The van der Waals surface area contributed by atoms with Gasteiger partial charge >= 0.3 is 0 Å². The number of nitrogens with one attached hydrogen (secondary N) is 2. The SMILES string of the molecule is CCc1cc(=O)[nH]c(CN2CCCC(c3[nH]ncc3CN3CCOCC3)C2)n1. The summed E-state index contributed by atoms with van der Waals surface area (Å²) in [4.78, 5) is 24.2. The van der Waals surface area contributed by atoms with Crippen molar-refractivity contribution in [3.8, 4) is 0 Å². The molecule has 2 aliphatic rings. The predicted octanol–water partition coefficient (Wildman–Crippen LogP) is 1.27. The second kappa shape index (κ2) is 8.98. The molecule has 28 heavy (non-hydrogen) atoms. The van der Waals surface area contributed by atoms with Gasteiger partial charge in [0.15, 0.2) is 0 Å². The second-order valence-corrected chi connectivity index (χ2v) is 7.81. The minimum absolute atomic E-state index is 0.0585. The van der Waals surface area contributed by atoms with Crippen molar-refractivity contribution < 1.29 is 4.74 Å². The number of aromatic amines is 2. The number of hydrogen-bond acceptors (Lipinski definition) is 6. The van der Waals surface area contributed by atoms with Crippen molar-refractivity contribution in [3.63, 3.8) is 0 Å². The minimum Gasteiger partial charge on any atom is -0.379 e. The molecule has 152 valence electrons. The topological polar surface area (TPSA) is 90.1 Å². The first-order valence-corrected chi connectivity index (χ1v) is 10.3. The Morgan fingerprint density at radius 3 is 2.89 bits per heavy atom. The van der Waals surface area contributed by atoms with Crippen molar-refractivity contribution in [1.29, 1.82) is 0 Å². The van der Waals surface area contributed by atoms with E-state index in [1.54, 1.807) is 6.07 Å². The Labute approximate surface area is 165 Å². The Kier molecular flexibility index (Phi) is 6.19. The van der Waals surface area contributed by atoms with E-state index in [1.165, 1.54) is 11.3 Å². The number of nitrogens with zero attached hydrogens (tertiary/aromatic N) is 4. The van der Waals surface area contributed by atoms with Gasteiger partial charge in [0.25, 0.3) is 5.56 Å². The molecular weight excluding hydrogens is 356 g/mol. The third kappa shape index (κ3) is 4.68. The number of morpholine rings is 1.